The summed E-state index contributed by atoms with van der Waals surface area (Å²) in [4.78, 5) is 11.8. The summed E-state index contributed by atoms with van der Waals surface area (Å²) in [6, 6.07) is 5.51. The van der Waals surface area contributed by atoms with Gasteiger partial charge in [-0.05, 0) is 30.5 Å². The minimum absolute atomic E-state index is 0.00788. The van der Waals surface area contributed by atoms with E-state index in [4.69, 9.17) is 14.2 Å². The molecule has 1 saturated heterocycles. The van der Waals surface area contributed by atoms with Gasteiger partial charge in [-0.15, -0.1) is 0 Å². The number of hydrogen-bond acceptors (Lipinski definition) is 4. The molecule has 5 nitrogen and oxygen atoms in total. The van der Waals surface area contributed by atoms with E-state index in [9.17, 15) is 9.90 Å². The minimum Gasteiger partial charge on any atom is -0.493 e. The second-order valence-electron chi connectivity index (χ2n) is 6.06. The Bertz CT molecular complexity index is 542. The molecule has 1 aliphatic heterocycles. The highest BCUT2D eigenvalue weighted by Gasteiger charge is 2.43. The van der Waals surface area contributed by atoms with Gasteiger partial charge in [0.25, 0.3) is 0 Å². The molecular weight excluding hydrogens is 284 g/mol. The first-order valence-corrected chi connectivity index (χ1v) is 7.82. The largest absolute Gasteiger partial charge is 0.493 e. The van der Waals surface area contributed by atoms with Crippen molar-refractivity contribution in [2.45, 2.75) is 43.6 Å². The molecule has 0 aromatic heterocycles. The molecule has 1 aromatic carbocycles. The number of benzene rings is 1. The van der Waals surface area contributed by atoms with Crippen molar-refractivity contribution in [2.24, 2.45) is 0 Å². The highest BCUT2D eigenvalue weighted by molar-refractivity contribution is 5.82. The molecule has 1 aromatic rings. The third-order valence-electron chi connectivity index (χ3n) is 4.76. The van der Waals surface area contributed by atoms with E-state index < -0.39 is 11.4 Å². The van der Waals surface area contributed by atoms with E-state index in [1.54, 1.807) is 7.11 Å². The van der Waals surface area contributed by atoms with Crippen LogP contribution in [0.5, 0.6) is 11.5 Å². The molecule has 1 atom stereocenters. The van der Waals surface area contributed by atoms with Crippen LogP contribution in [0.2, 0.25) is 0 Å². The second kappa shape index (κ2) is 6.16. The lowest BCUT2D eigenvalue weighted by molar-refractivity contribution is -0.143. The van der Waals surface area contributed by atoms with E-state index >= 15 is 0 Å². The molecule has 0 bridgehead atoms. The normalized spacial score (nSPS) is 23.4. The van der Waals surface area contributed by atoms with Crippen molar-refractivity contribution in [3.8, 4) is 11.5 Å². The standard InChI is InChI=1S/C17H22O5/c1-20-14-5-4-12(17(16(18)19)7-2-3-8-17)10-15(14)22-13-6-9-21-11-13/h4-5,10,13H,2-3,6-9,11H2,1H3,(H,18,19). The number of ether oxygens (including phenoxy) is 3. The molecule has 1 heterocycles. The van der Waals surface area contributed by atoms with Crippen LogP contribution in [0.3, 0.4) is 0 Å². The number of carbonyl (C=O) groups is 1. The van der Waals surface area contributed by atoms with Gasteiger partial charge in [0.2, 0.25) is 0 Å². The Kier molecular flexibility index (Phi) is 4.25. The molecule has 0 amide bonds. The van der Waals surface area contributed by atoms with Crippen LogP contribution in [0.15, 0.2) is 18.2 Å². The third kappa shape index (κ3) is 2.65. The SMILES string of the molecule is COc1ccc(C2(C(=O)O)CCCC2)cc1OC1CCOC1. The van der Waals surface area contributed by atoms with Crippen molar-refractivity contribution in [1.82, 2.24) is 0 Å². The van der Waals surface area contributed by atoms with Crippen molar-refractivity contribution < 1.29 is 24.1 Å². The molecule has 0 radical (unpaired) electrons. The summed E-state index contributed by atoms with van der Waals surface area (Å²) in [5.41, 5.74) is 0.0310. The Morgan fingerprint density at radius 2 is 2.09 bits per heavy atom. The summed E-state index contributed by atoms with van der Waals surface area (Å²) in [5.74, 6) is 0.502. The fourth-order valence-corrected chi connectivity index (χ4v) is 3.46. The Morgan fingerprint density at radius 1 is 1.32 bits per heavy atom. The first kappa shape index (κ1) is 15.2. The first-order valence-electron chi connectivity index (χ1n) is 7.82. The molecule has 2 fully saturated rings. The van der Waals surface area contributed by atoms with Gasteiger partial charge in [0.05, 0.1) is 25.7 Å². The summed E-state index contributed by atoms with van der Waals surface area (Å²) < 4.78 is 16.7. The molecule has 1 N–H and O–H groups in total. The van der Waals surface area contributed by atoms with Gasteiger partial charge in [-0.3, -0.25) is 4.79 Å². The molecule has 1 aliphatic carbocycles. The van der Waals surface area contributed by atoms with E-state index in [2.05, 4.69) is 0 Å². The molecule has 0 spiro atoms. The van der Waals surface area contributed by atoms with Gasteiger partial charge < -0.3 is 19.3 Å². The van der Waals surface area contributed by atoms with Gasteiger partial charge in [0, 0.05) is 6.42 Å². The van der Waals surface area contributed by atoms with E-state index in [0.29, 0.717) is 37.6 Å². The number of carboxylic acids is 1. The monoisotopic (exact) mass is 306 g/mol. The van der Waals surface area contributed by atoms with Crippen LogP contribution in [-0.2, 0) is 14.9 Å². The zero-order chi connectivity index (χ0) is 15.6. The first-order chi connectivity index (χ1) is 10.7. The molecular formula is C17H22O5. The van der Waals surface area contributed by atoms with Crippen molar-refractivity contribution in [3.05, 3.63) is 23.8 Å². The van der Waals surface area contributed by atoms with Gasteiger partial charge in [-0.25, -0.2) is 0 Å². The highest BCUT2D eigenvalue weighted by Crippen LogP contribution is 2.44. The summed E-state index contributed by atoms with van der Waals surface area (Å²) in [5, 5.41) is 9.73. The Labute approximate surface area is 130 Å². The molecule has 2 aliphatic rings. The number of carboxylic acid groups (broad SMARTS) is 1. The lowest BCUT2D eigenvalue weighted by atomic mass is 9.79. The Morgan fingerprint density at radius 3 is 2.68 bits per heavy atom. The van der Waals surface area contributed by atoms with Crippen LogP contribution in [0.25, 0.3) is 0 Å². The quantitative estimate of drug-likeness (QED) is 0.906. The lowest BCUT2D eigenvalue weighted by Gasteiger charge is -2.26. The molecule has 22 heavy (non-hydrogen) atoms. The number of methoxy groups -OCH3 is 1. The third-order valence-corrected chi connectivity index (χ3v) is 4.76. The van der Waals surface area contributed by atoms with E-state index in [0.717, 1.165) is 24.8 Å². The van der Waals surface area contributed by atoms with Crippen LogP contribution in [0, 0.1) is 0 Å². The average Bonchev–Trinajstić information content (AvgIpc) is 3.19. The Balaban J connectivity index is 1.93. The predicted molar refractivity (Wildman–Crippen MR) is 80.6 cm³/mol. The second-order valence-corrected chi connectivity index (χ2v) is 6.06. The molecule has 5 heteroatoms. The van der Waals surface area contributed by atoms with E-state index in [1.165, 1.54) is 0 Å². The van der Waals surface area contributed by atoms with Crippen LogP contribution < -0.4 is 9.47 Å². The van der Waals surface area contributed by atoms with Crippen LogP contribution >= 0.6 is 0 Å². The Hall–Kier alpha value is -1.75. The molecule has 3 rings (SSSR count). The van der Waals surface area contributed by atoms with Crippen molar-refractivity contribution in [3.63, 3.8) is 0 Å². The minimum atomic E-state index is -0.781. The van der Waals surface area contributed by atoms with Gasteiger partial charge in [-0.1, -0.05) is 18.9 Å². The summed E-state index contributed by atoms with van der Waals surface area (Å²) in [6.07, 6.45) is 4.11. The summed E-state index contributed by atoms with van der Waals surface area (Å²) in [7, 11) is 1.59. The number of rotatable bonds is 5. The van der Waals surface area contributed by atoms with Crippen LogP contribution in [0.1, 0.15) is 37.7 Å². The molecule has 120 valence electrons. The number of hydrogen-bond donors (Lipinski definition) is 1. The van der Waals surface area contributed by atoms with Crippen molar-refractivity contribution in [1.29, 1.82) is 0 Å². The van der Waals surface area contributed by atoms with Crippen LogP contribution in [0.4, 0.5) is 0 Å². The maximum absolute atomic E-state index is 11.8. The zero-order valence-electron chi connectivity index (χ0n) is 12.8. The smallest absolute Gasteiger partial charge is 0.314 e. The van der Waals surface area contributed by atoms with Crippen LogP contribution in [-0.4, -0.2) is 37.5 Å². The highest BCUT2D eigenvalue weighted by atomic mass is 16.6. The fraction of sp³-hybridized carbons (Fsp3) is 0.588. The summed E-state index contributed by atoms with van der Waals surface area (Å²) >= 11 is 0. The van der Waals surface area contributed by atoms with Gasteiger partial charge in [0.1, 0.15) is 6.10 Å². The van der Waals surface area contributed by atoms with Crippen molar-refractivity contribution >= 4 is 5.97 Å². The topological polar surface area (TPSA) is 65.0 Å². The molecule has 1 saturated carbocycles. The van der Waals surface area contributed by atoms with Crippen molar-refractivity contribution in [2.75, 3.05) is 20.3 Å². The van der Waals surface area contributed by atoms with E-state index in [1.807, 2.05) is 18.2 Å². The van der Waals surface area contributed by atoms with Gasteiger partial charge >= 0.3 is 5.97 Å². The maximum Gasteiger partial charge on any atom is 0.314 e. The van der Waals surface area contributed by atoms with Gasteiger partial charge in [-0.2, -0.15) is 0 Å². The zero-order valence-corrected chi connectivity index (χ0v) is 12.8. The maximum atomic E-state index is 11.8. The number of aliphatic carboxylic acids is 1. The fourth-order valence-electron chi connectivity index (χ4n) is 3.46. The van der Waals surface area contributed by atoms with Gasteiger partial charge in [0.15, 0.2) is 11.5 Å². The van der Waals surface area contributed by atoms with E-state index in [-0.39, 0.29) is 6.10 Å². The lowest BCUT2D eigenvalue weighted by Crippen LogP contribution is -2.32. The average molecular weight is 306 g/mol. The predicted octanol–water partition coefficient (Wildman–Crippen LogP) is 2.76. The molecule has 1 unspecified atom stereocenters. The summed E-state index contributed by atoms with van der Waals surface area (Å²) in [6.45, 7) is 1.27.